The molecule has 0 saturated carbocycles. The molecule has 7 heteroatoms. The largest absolute Gasteiger partial charge is 0.413 e. The summed E-state index contributed by atoms with van der Waals surface area (Å²) in [4.78, 5) is 11.5. The molecule has 1 N–H and O–H groups in total. The van der Waals surface area contributed by atoms with Crippen molar-refractivity contribution in [1.29, 1.82) is 0 Å². The van der Waals surface area contributed by atoms with Crippen LogP contribution in [0.15, 0.2) is 35.7 Å². The van der Waals surface area contributed by atoms with Crippen molar-refractivity contribution in [2.24, 2.45) is 0 Å². The van der Waals surface area contributed by atoms with Crippen LogP contribution in [-0.2, 0) is 9.84 Å². The lowest BCUT2D eigenvalue weighted by molar-refractivity contribution is 0.199. The predicted octanol–water partition coefficient (Wildman–Crippen LogP) is 1.74. The maximum absolute atomic E-state index is 11.5. The van der Waals surface area contributed by atoms with Gasteiger partial charge in [0.25, 0.3) is 0 Å². The number of hydrogen-bond donors (Lipinski definition) is 1. The van der Waals surface area contributed by atoms with E-state index in [1.54, 1.807) is 18.2 Å². The van der Waals surface area contributed by atoms with Gasteiger partial charge in [-0.2, -0.15) is 0 Å². The van der Waals surface area contributed by atoms with Crippen molar-refractivity contribution in [3.05, 3.63) is 40.8 Å². The van der Waals surface area contributed by atoms with E-state index in [4.69, 9.17) is 16.3 Å². The fourth-order valence-corrected chi connectivity index (χ4v) is 2.90. The van der Waals surface area contributed by atoms with E-state index < -0.39 is 22.0 Å². The number of carbonyl (C=O) groups excluding carboxylic acids is 1. The Labute approximate surface area is 109 Å². The van der Waals surface area contributed by atoms with Crippen LogP contribution < -0.4 is 10.1 Å². The molecule has 1 aromatic carbocycles. The van der Waals surface area contributed by atoms with Gasteiger partial charge in [0.05, 0.1) is 11.8 Å². The van der Waals surface area contributed by atoms with Crippen LogP contribution >= 0.6 is 11.6 Å². The molecule has 2 rings (SSSR count). The molecule has 1 aromatic rings. The van der Waals surface area contributed by atoms with E-state index in [-0.39, 0.29) is 5.75 Å². The van der Waals surface area contributed by atoms with Crippen molar-refractivity contribution in [3.8, 4) is 5.75 Å². The van der Waals surface area contributed by atoms with Crippen LogP contribution in [-0.4, -0.2) is 26.3 Å². The molecule has 0 aromatic heterocycles. The Morgan fingerprint density at radius 3 is 2.83 bits per heavy atom. The smallest absolute Gasteiger partial charge is 0.410 e. The lowest BCUT2D eigenvalue weighted by Gasteiger charge is -2.10. The van der Waals surface area contributed by atoms with E-state index in [9.17, 15) is 13.2 Å². The third-order valence-electron chi connectivity index (χ3n) is 2.24. The second-order valence-electron chi connectivity index (χ2n) is 3.76. The van der Waals surface area contributed by atoms with Gasteiger partial charge in [0, 0.05) is 10.4 Å². The van der Waals surface area contributed by atoms with Crippen LogP contribution in [0.4, 0.5) is 4.79 Å². The van der Waals surface area contributed by atoms with E-state index in [0.29, 0.717) is 10.8 Å². The van der Waals surface area contributed by atoms with Crippen molar-refractivity contribution in [2.75, 3.05) is 5.75 Å². The molecule has 1 unspecified atom stereocenters. The zero-order valence-electron chi connectivity index (χ0n) is 9.17. The highest BCUT2D eigenvalue weighted by atomic mass is 35.5. The number of carbonyl (C=O) groups is 1. The molecule has 1 amide bonds. The Balaban J connectivity index is 1.92. The van der Waals surface area contributed by atoms with Gasteiger partial charge in [-0.15, -0.1) is 0 Å². The number of benzene rings is 1. The highest BCUT2D eigenvalue weighted by Crippen LogP contribution is 2.17. The monoisotopic (exact) mass is 287 g/mol. The summed E-state index contributed by atoms with van der Waals surface area (Å²) in [6.07, 6.45) is 0.693. The van der Waals surface area contributed by atoms with Crippen molar-refractivity contribution in [2.45, 2.75) is 6.04 Å². The molecular weight excluding hydrogens is 278 g/mol. The molecule has 1 aliphatic rings. The minimum atomic E-state index is -3.19. The Kier molecular flexibility index (Phi) is 3.58. The summed E-state index contributed by atoms with van der Waals surface area (Å²) in [5, 5.41) is 3.96. The van der Waals surface area contributed by atoms with Crippen LogP contribution in [0.1, 0.15) is 0 Å². The first-order valence-electron chi connectivity index (χ1n) is 5.09. The SMILES string of the molecule is O=C(NC1C=CS(=O)(=O)C1)Oc1cccc(Cl)c1. The molecule has 0 spiro atoms. The molecule has 0 bridgehead atoms. The van der Waals surface area contributed by atoms with Gasteiger partial charge in [-0.1, -0.05) is 17.7 Å². The molecule has 1 heterocycles. The standard InChI is InChI=1S/C11H10ClNO4S/c12-8-2-1-3-10(6-8)17-11(14)13-9-4-5-18(15,16)7-9/h1-6,9H,7H2,(H,13,14). The zero-order chi connectivity index (χ0) is 13.2. The Morgan fingerprint density at radius 1 is 1.44 bits per heavy atom. The number of halogens is 1. The first-order chi connectivity index (χ1) is 8.44. The highest BCUT2D eigenvalue weighted by molar-refractivity contribution is 7.94. The fraction of sp³-hybridized carbons (Fsp3) is 0.182. The van der Waals surface area contributed by atoms with E-state index in [0.717, 1.165) is 5.41 Å². The third kappa shape index (κ3) is 3.48. The van der Waals surface area contributed by atoms with E-state index in [1.807, 2.05) is 0 Å². The van der Waals surface area contributed by atoms with Crippen molar-refractivity contribution in [1.82, 2.24) is 5.32 Å². The molecule has 0 saturated heterocycles. The first-order valence-corrected chi connectivity index (χ1v) is 7.19. The maximum atomic E-state index is 11.5. The normalized spacial score (nSPS) is 20.6. The molecule has 0 radical (unpaired) electrons. The van der Waals surface area contributed by atoms with Crippen LogP contribution in [0.25, 0.3) is 0 Å². The van der Waals surface area contributed by atoms with Gasteiger partial charge in [-0.05, 0) is 24.3 Å². The molecule has 1 aliphatic heterocycles. The quantitative estimate of drug-likeness (QED) is 0.899. The van der Waals surface area contributed by atoms with Gasteiger partial charge in [-0.3, -0.25) is 0 Å². The van der Waals surface area contributed by atoms with Gasteiger partial charge in [0.15, 0.2) is 9.84 Å². The van der Waals surface area contributed by atoms with Gasteiger partial charge in [0.1, 0.15) is 5.75 Å². The summed E-state index contributed by atoms with van der Waals surface area (Å²) in [6, 6.07) is 5.81. The van der Waals surface area contributed by atoms with Crippen molar-refractivity contribution >= 4 is 27.5 Å². The van der Waals surface area contributed by atoms with Crippen LogP contribution in [0, 0.1) is 0 Å². The minimum Gasteiger partial charge on any atom is -0.410 e. The lowest BCUT2D eigenvalue weighted by Crippen LogP contribution is -2.37. The molecule has 0 fully saturated rings. The number of sulfone groups is 1. The lowest BCUT2D eigenvalue weighted by atomic mass is 10.3. The van der Waals surface area contributed by atoms with Crippen molar-refractivity contribution in [3.63, 3.8) is 0 Å². The van der Waals surface area contributed by atoms with Gasteiger partial charge < -0.3 is 10.1 Å². The molecule has 0 aliphatic carbocycles. The average molecular weight is 288 g/mol. The number of hydrogen-bond acceptors (Lipinski definition) is 4. The van der Waals surface area contributed by atoms with Crippen LogP contribution in [0.5, 0.6) is 5.75 Å². The summed E-state index contributed by atoms with van der Waals surface area (Å²) >= 11 is 5.73. The van der Waals surface area contributed by atoms with E-state index >= 15 is 0 Å². The fourth-order valence-electron chi connectivity index (χ4n) is 1.48. The summed E-state index contributed by atoms with van der Waals surface area (Å²) < 4.78 is 27.2. The molecule has 1 atom stereocenters. The van der Waals surface area contributed by atoms with E-state index in [2.05, 4.69) is 5.32 Å². The minimum absolute atomic E-state index is 0.141. The van der Waals surface area contributed by atoms with Crippen LogP contribution in [0.3, 0.4) is 0 Å². The summed E-state index contributed by atoms with van der Waals surface area (Å²) in [5.74, 6) is 0.155. The molecule has 5 nitrogen and oxygen atoms in total. The molecule has 18 heavy (non-hydrogen) atoms. The summed E-state index contributed by atoms with van der Waals surface area (Å²) in [5.41, 5.74) is 0. The second-order valence-corrected chi connectivity index (χ2v) is 6.12. The van der Waals surface area contributed by atoms with Crippen LogP contribution in [0.2, 0.25) is 5.02 Å². The zero-order valence-corrected chi connectivity index (χ0v) is 10.7. The topological polar surface area (TPSA) is 72.5 Å². The Hall–Kier alpha value is -1.53. The number of rotatable bonds is 2. The first kappa shape index (κ1) is 12.9. The Morgan fingerprint density at radius 2 is 2.22 bits per heavy atom. The van der Waals surface area contributed by atoms with Gasteiger partial charge >= 0.3 is 6.09 Å². The number of nitrogens with one attached hydrogen (secondary N) is 1. The Bertz CT molecular complexity index is 597. The third-order valence-corrected chi connectivity index (χ3v) is 3.87. The summed E-state index contributed by atoms with van der Waals surface area (Å²) in [6.45, 7) is 0. The maximum Gasteiger partial charge on any atom is 0.413 e. The van der Waals surface area contributed by atoms with E-state index in [1.165, 1.54) is 12.1 Å². The van der Waals surface area contributed by atoms with Crippen molar-refractivity contribution < 1.29 is 17.9 Å². The number of amides is 1. The summed E-state index contributed by atoms with van der Waals surface area (Å²) in [7, 11) is -3.19. The van der Waals surface area contributed by atoms with Gasteiger partial charge in [0.2, 0.25) is 0 Å². The molecule has 96 valence electrons. The second kappa shape index (κ2) is 4.99. The van der Waals surface area contributed by atoms with Gasteiger partial charge in [-0.25, -0.2) is 13.2 Å². The molecular formula is C11H10ClNO4S. The average Bonchev–Trinajstić information content (AvgIpc) is 2.57. The highest BCUT2D eigenvalue weighted by Gasteiger charge is 2.23. The number of ether oxygens (including phenoxy) is 1. The predicted molar refractivity (Wildman–Crippen MR) is 67.3 cm³/mol.